The number of carboxylic acids is 2. The molecule has 1 heterocycles. The van der Waals surface area contributed by atoms with Crippen LogP contribution < -0.4 is 0 Å². The smallest absolute Gasteiger partial charge is 0.352 e. The van der Waals surface area contributed by atoms with Gasteiger partial charge in [-0.3, -0.25) is 0 Å². The van der Waals surface area contributed by atoms with E-state index >= 15 is 0 Å². The number of aromatic nitrogens is 1. The van der Waals surface area contributed by atoms with Crippen molar-refractivity contribution in [2.24, 2.45) is 0 Å². The summed E-state index contributed by atoms with van der Waals surface area (Å²) in [5.41, 5.74) is 1.06. The number of carbonyl (C=O) groups is 2. The first-order valence-electron chi connectivity index (χ1n) is 5.14. The third kappa shape index (κ3) is 1.75. The van der Waals surface area contributed by atoms with Gasteiger partial charge in [0.1, 0.15) is 5.69 Å². The van der Waals surface area contributed by atoms with E-state index in [2.05, 4.69) is 0 Å². The minimum absolute atomic E-state index is 0.155. The van der Waals surface area contributed by atoms with Crippen LogP contribution in [0, 0.1) is 0 Å². The standard InChI is InChI=1S/C12H11NO4/c1-2-13-9-4-3-7(11(14)15)5-8(9)6-10(13)12(16)17/h3-6H,2H2,1H3,(H,14,15)(H,16,17). The number of fused-ring (bicyclic) bond motifs is 1. The van der Waals surface area contributed by atoms with E-state index in [1.807, 2.05) is 6.92 Å². The van der Waals surface area contributed by atoms with Crippen LogP contribution in [0.25, 0.3) is 10.9 Å². The number of benzene rings is 1. The Morgan fingerprint density at radius 2 is 1.88 bits per heavy atom. The van der Waals surface area contributed by atoms with Crippen molar-refractivity contribution in [3.8, 4) is 0 Å². The van der Waals surface area contributed by atoms with Gasteiger partial charge in [-0.15, -0.1) is 0 Å². The number of hydrogen-bond acceptors (Lipinski definition) is 2. The third-order valence-corrected chi connectivity index (χ3v) is 2.68. The topological polar surface area (TPSA) is 79.5 Å². The number of aromatic carboxylic acids is 2. The zero-order chi connectivity index (χ0) is 12.6. The van der Waals surface area contributed by atoms with Gasteiger partial charge in [0.05, 0.1) is 5.56 Å². The van der Waals surface area contributed by atoms with Crippen LogP contribution in [0.2, 0.25) is 0 Å². The lowest BCUT2D eigenvalue weighted by Crippen LogP contribution is -2.06. The van der Waals surface area contributed by atoms with Crippen LogP contribution in [-0.4, -0.2) is 26.7 Å². The molecule has 17 heavy (non-hydrogen) atoms. The minimum atomic E-state index is -1.02. The molecule has 2 aromatic rings. The van der Waals surface area contributed by atoms with Crippen LogP contribution in [0.5, 0.6) is 0 Å². The van der Waals surface area contributed by atoms with E-state index < -0.39 is 11.9 Å². The fourth-order valence-electron chi connectivity index (χ4n) is 1.92. The second kappa shape index (κ2) is 3.93. The van der Waals surface area contributed by atoms with Crippen molar-refractivity contribution in [1.29, 1.82) is 0 Å². The van der Waals surface area contributed by atoms with Crippen LogP contribution in [0.15, 0.2) is 24.3 Å². The lowest BCUT2D eigenvalue weighted by molar-refractivity contribution is 0.0679. The maximum atomic E-state index is 11.0. The molecule has 0 bridgehead atoms. The van der Waals surface area contributed by atoms with Crippen molar-refractivity contribution in [1.82, 2.24) is 4.57 Å². The summed E-state index contributed by atoms with van der Waals surface area (Å²) >= 11 is 0. The van der Waals surface area contributed by atoms with E-state index in [4.69, 9.17) is 10.2 Å². The highest BCUT2D eigenvalue weighted by Gasteiger charge is 2.14. The molecular formula is C12H11NO4. The molecule has 2 rings (SSSR count). The second-order valence-corrected chi connectivity index (χ2v) is 3.66. The van der Waals surface area contributed by atoms with Crippen LogP contribution in [0.4, 0.5) is 0 Å². The maximum absolute atomic E-state index is 11.0. The van der Waals surface area contributed by atoms with Crippen molar-refractivity contribution < 1.29 is 19.8 Å². The lowest BCUT2D eigenvalue weighted by Gasteiger charge is -2.03. The van der Waals surface area contributed by atoms with Gasteiger partial charge in [-0.1, -0.05) is 0 Å². The number of hydrogen-bond donors (Lipinski definition) is 2. The minimum Gasteiger partial charge on any atom is -0.478 e. The predicted octanol–water partition coefficient (Wildman–Crippen LogP) is 2.06. The molecule has 5 heteroatoms. The molecular weight excluding hydrogens is 222 g/mol. The van der Waals surface area contributed by atoms with Crippen molar-refractivity contribution in [3.63, 3.8) is 0 Å². The van der Waals surface area contributed by atoms with Crippen LogP contribution in [-0.2, 0) is 6.54 Å². The molecule has 1 aromatic heterocycles. The molecule has 0 saturated carbocycles. The van der Waals surface area contributed by atoms with Crippen LogP contribution >= 0.6 is 0 Å². The molecule has 2 N–H and O–H groups in total. The number of carboxylic acid groups (broad SMARTS) is 2. The summed E-state index contributed by atoms with van der Waals surface area (Å²) < 4.78 is 1.64. The van der Waals surface area contributed by atoms with Crippen LogP contribution in [0.3, 0.4) is 0 Å². The average molecular weight is 233 g/mol. The molecule has 0 aliphatic carbocycles. The quantitative estimate of drug-likeness (QED) is 0.850. The zero-order valence-corrected chi connectivity index (χ0v) is 9.17. The van der Waals surface area contributed by atoms with Gasteiger partial charge in [-0.25, -0.2) is 9.59 Å². The summed E-state index contributed by atoms with van der Waals surface area (Å²) in [6, 6.07) is 6.08. The largest absolute Gasteiger partial charge is 0.478 e. The van der Waals surface area contributed by atoms with Gasteiger partial charge in [-0.05, 0) is 31.2 Å². The monoisotopic (exact) mass is 233 g/mol. The molecule has 0 radical (unpaired) electrons. The van der Waals surface area contributed by atoms with Crippen LogP contribution in [0.1, 0.15) is 27.8 Å². The first kappa shape index (κ1) is 11.2. The molecule has 0 aliphatic rings. The van der Waals surface area contributed by atoms with Crippen molar-refractivity contribution in [2.45, 2.75) is 13.5 Å². The Balaban J connectivity index is 2.73. The summed E-state index contributed by atoms with van der Waals surface area (Å²) in [5, 5.41) is 18.5. The maximum Gasteiger partial charge on any atom is 0.352 e. The number of nitrogens with zero attached hydrogens (tertiary/aromatic N) is 1. The van der Waals surface area contributed by atoms with Gasteiger partial charge in [0.15, 0.2) is 0 Å². The molecule has 5 nitrogen and oxygen atoms in total. The van der Waals surface area contributed by atoms with Gasteiger partial charge in [0.2, 0.25) is 0 Å². The average Bonchev–Trinajstić information content (AvgIpc) is 2.66. The second-order valence-electron chi connectivity index (χ2n) is 3.66. The molecule has 1 aromatic carbocycles. The Hall–Kier alpha value is -2.30. The Morgan fingerprint density at radius 3 is 2.41 bits per heavy atom. The number of aryl methyl sites for hydroxylation is 1. The summed E-state index contributed by atoms with van der Waals surface area (Å²) in [6.07, 6.45) is 0. The van der Waals surface area contributed by atoms with E-state index in [1.54, 1.807) is 10.6 Å². The molecule has 0 atom stereocenters. The van der Waals surface area contributed by atoms with Gasteiger partial charge in [-0.2, -0.15) is 0 Å². The molecule has 0 spiro atoms. The molecule has 0 unspecified atom stereocenters. The molecule has 0 fully saturated rings. The SMILES string of the molecule is CCn1c(C(=O)O)cc2cc(C(=O)O)ccc21. The highest BCUT2D eigenvalue weighted by molar-refractivity contribution is 5.98. The summed E-state index contributed by atoms with van der Waals surface area (Å²) in [5.74, 6) is -2.03. The third-order valence-electron chi connectivity index (χ3n) is 2.68. The Morgan fingerprint density at radius 1 is 1.18 bits per heavy atom. The van der Waals surface area contributed by atoms with Crippen molar-refractivity contribution in [2.75, 3.05) is 0 Å². The Labute approximate surface area is 96.9 Å². The van der Waals surface area contributed by atoms with E-state index in [0.29, 0.717) is 11.9 Å². The van der Waals surface area contributed by atoms with E-state index in [9.17, 15) is 9.59 Å². The van der Waals surface area contributed by atoms with Gasteiger partial charge >= 0.3 is 11.9 Å². The van der Waals surface area contributed by atoms with E-state index in [-0.39, 0.29) is 11.3 Å². The normalized spacial score (nSPS) is 10.6. The van der Waals surface area contributed by atoms with Crippen molar-refractivity contribution >= 4 is 22.8 Å². The molecule has 0 saturated heterocycles. The van der Waals surface area contributed by atoms with E-state index in [0.717, 1.165) is 5.52 Å². The number of rotatable bonds is 3. The summed E-state index contributed by atoms with van der Waals surface area (Å²) in [7, 11) is 0. The first-order chi connectivity index (χ1) is 8.04. The van der Waals surface area contributed by atoms with Gasteiger partial charge in [0.25, 0.3) is 0 Å². The van der Waals surface area contributed by atoms with Crippen molar-refractivity contribution in [3.05, 3.63) is 35.5 Å². The van der Waals surface area contributed by atoms with Gasteiger partial charge in [0, 0.05) is 17.4 Å². The first-order valence-corrected chi connectivity index (χ1v) is 5.14. The Bertz CT molecular complexity index is 612. The summed E-state index contributed by atoms with van der Waals surface area (Å²) in [6.45, 7) is 2.37. The predicted molar refractivity (Wildman–Crippen MR) is 61.5 cm³/mol. The fourth-order valence-corrected chi connectivity index (χ4v) is 1.92. The fraction of sp³-hybridized carbons (Fsp3) is 0.167. The van der Waals surface area contributed by atoms with E-state index in [1.165, 1.54) is 18.2 Å². The lowest BCUT2D eigenvalue weighted by atomic mass is 10.1. The molecule has 0 aliphatic heterocycles. The zero-order valence-electron chi connectivity index (χ0n) is 9.17. The highest BCUT2D eigenvalue weighted by atomic mass is 16.4. The highest BCUT2D eigenvalue weighted by Crippen LogP contribution is 2.21. The van der Waals surface area contributed by atoms with Gasteiger partial charge < -0.3 is 14.8 Å². The molecule has 88 valence electrons. The summed E-state index contributed by atoms with van der Waals surface area (Å²) in [4.78, 5) is 21.8. The molecule has 0 amide bonds. The Kier molecular flexibility index (Phi) is 2.59.